The van der Waals surface area contributed by atoms with Crippen LogP contribution in [0.3, 0.4) is 0 Å². The molecule has 1 saturated heterocycles. The van der Waals surface area contributed by atoms with E-state index >= 15 is 0 Å². The highest BCUT2D eigenvalue weighted by molar-refractivity contribution is 7.80. The van der Waals surface area contributed by atoms with Gasteiger partial charge in [-0.1, -0.05) is 12.2 Å². The molecule has 4 nitrogen and oxygen atoms in total. The number of likely N-dealkylation sites (tertiary alicyclic amines) is 1. The van der Waals surface area contributed by atoms with Crippen molar-refractivity contribution in [2.75, 3.05) is 19.6 Å². The van der Waals surface area contributed by atoms with E-state index in [4.69, 9.17) is 18.0 Å². The molecule has 0 aromatic heterocycles. The molecule has 80 valence electrons. The highest BCUT2D eigenvalue weighted by Gasteiger charge is 2.22. The number of carbonyl (C=O) groups excluding carboxylic acids is 1. The highest BCUT2D eigenvalue weighted by atomic mass is 32.1. The summed E-state index contributed by atoms with van der Waals surface area (Å²) in [5.74, 6) is -1.15. The molecule has 3 N–H and O–H groups in total. The average Bonchev–Trinajstić information content (AvgIpc) is 2.15. The van der Waals surface area contributed by atoms with E-state index in [-0.39, 0.29) is 5.92 Å². The number of hydrogen-bond acceptors (Lipinski definition) is 3. The summed E-state index contributed by atoms with van der Waals surface area (Å²) in [7, 11) is 0. The van der Waals surface area contributed by atoms with Crippen molar-refractivity contribution in [1.82, 2.24) is 0 Å². The third kappa shape index (κ3) is 3.59. The number of aliphatic carboxylic acids is 1. The number of hydrogen-bond donors (Lipinski definition) is 2. The van der Waals surface area contributed by atoms with Gasteiger partial charge in [0, 0.05) is 31.1 Å². The zero-order chi connectivity index (χ0) is 10.6. The molecule has 0 unspecified atom stereocenters. The van der Waals surface area contributed by atoms with Crippen molar-refractivity contribution in [3.05, 3.63) is 0 Å². The predicted molar refractivity (Wildman–Crippen MR) is 54.7 cm³/mol. The fourth-order valence-electron chi connectivity index (χ4n) is 1.81. The summed E-state index contributed by atoms with van der Waals surface area (Å²) in [5, 5.41) is 10.6. The number of thiocarbonyl (C=S) groups is 1. The number of piperidine rings is 1. The van der Waals surface area contributed by atoms with Crippen LogP contribution in [0.25, 0.3) is 0 Å². The summed E-state index contributed by atoms with van der Waals surface area (Å²) in [5.41, 5.74) is 5.40. The summed E-state index contributed by atoms with van der Waals surface area (Å²) in [6, 6.07) is 0. The van der Waals surface area contributed by atoms with E-state index in [1.165, 1.54) is 4.90 Å². The number of carbonyl (C=O) groups is 1. The van der Waals surface area contributed by atoms with Crippen LogP contribution in [0, 0.1) is 5.92 Å². The summed E-state index contributed by atoms with van der Waals surface area (Å²) in [6.07, 6.45) is 2.19. The average molecular weight is 216 g/mol. The quantitative estimate of drug-likeness (QED) is 0.519. The van der Waals surface area contributed by atoms with Crippen LogP contribution < -0.4 is 15.7 Å². The molecule has 1 fully saturated rings. The number of carboxylic acid groups (broad SMARTS) is 1. The molecule has 0 amide bonds. The molecule has 0 atom stereocenters. The van der Waals surface area contributed by atoms with Gasteiger partial charge in [0.1, 0.15) is 0 Å². The second-order valence-electron chi connectivity index (χ2n) is 3.81. The van der Waals surface area contributed by atoms with Crippen LogP contribution in [0.4, 0.5) is 0 Å². The molecule has 5 heteroatoms. The lowest BCUT2D eigenvalue weighted by atomic mass is 9.97. The van der Waals surface area contributed by atoms with E-state index in [1.54, 1.807) is 0 Å². The standard InChI is InChI=1S/C9H16N2O2S/c10-8(14)3-6-11-4-1-7(2-5-11)9(12)13/h7H,1-6H2,(H2,10,14)(H,12,13). The Kier molecular flexibility index (Phi) is 4.28. The van der Waals surface area contributed by atoms with Crippen molar-refractivity contribution >= 4 is 23.2 Å². The number of nitrogens with one attached hydrogen (secondary N) is 1. The van der Waals surface area contributed by atoms with Crippen molar-refractivity contribution in [2.24, 2.45) is 11.7 Å². The van der Waals surface area contributed by atoms with E-state index in [9.17, 15) is 9.90 Å². The van der Waals surface area contributed by atoms with Crippen molar-refractivity contribution in [2.45, 2.75) is 19.3 Å². The van der Waals surface area contributed by atoms with Crippen molar-refractivity contribution < 1.29 is 14.8 Å². The first-order valence-corrected chi connectivity index (χ1v) is 5.33. The molecule has 1 heterocycles. The molecule has 14 heavy (non-hydrogen) atoms. The first-order chi connectivity index (χ1) is 6.59. The maximum atomic E-state index is 10.6. The topological polar surface area (TPSA) is 70.6 Å². The van der Waals surface area contributed by atoms with E-state index in [0.717, 1.165) is 38.9 Å². The maximum Gasteiger partial charge on any atom is 0.0834 e. The third-order valence-electron chi connectivity index (χ3n) is 2.75. The SMILES string of the molecule is NC(=S)CC[NH+]1CCC(C(=O)[O-])CC1. The normalized spacial score (nSPS) is 27.1. The number of rotatable bonds is 4. The van der Waals surface area contributed by atoms with Crippen LogP contribution in [0.15, 0.2) is 0 Å². The van der Waals surface area contributed by atoms with E-state index in [2.05, 4.69) is 0 Å². The first-order valence-electron chi connectivity index (χ1n) is 4.92. The zero-order valence-electron chi connectivity index (χ0n) is 8.12. The van der Waals surface area contributed by atoms with Gasteiger partial charge in [0.15, 0.2) is 0 Å². The smallest absolute Gasteiger partial charge is 0.0834 e. The Morgan fingerprint density at radius 3 is 2.50 bits per heavy atom. The van der Waals surface area contributed by atoms with E-state index < -0.39 is 5.97 Å². The third-order valence-corrected chi connectivity index (χ3v) is 2.96. The first kappa shape index (κ1) is 11.4. The number of nitrogens with two attached hydrogens (primary N) is 1. The van der Waals surface area contributed by atoms with Gasteiger partial charge in [-0.05, 0) is 0 Å². The fraction of sp³-hybridized carbons (Fsp3) is 0.778. The van der Waals surface area contributed by atoms with Gasteiger partial charge in [-0.2, -0.15) is 0 Å². The zero-order valence-corrected chi connectivity index (χ0v) is 8.94. The molecule has 0 radical (unpaired) electrons. The van der Waals surface area contributed by atoms with Crippen molar-refractivity contribution in [3.63, 3.8) is 0 Å². The highest BCUT2D eigenvalue weighted by Crippen LogP contribution is 2.07. The Morgan fingerprint density at radius 1 is 1.50 bits per heavy atom. The molecule has 1 aliphatic rings. The molecular weight excluding hydrogens is 200 g/mol. The second-order valence-corrected chi connectivity index (χ2v) is 4.33. The summed E-state index contributed by atoms with van der Waals surface area (Å²) in [6.45, 7) is 2.71. The summed E-state index contributed by atoms with van der Waals surface area (Å²) >= 11 is 4.79. The van der Waals surface area contributed by atoms with Crippen LogP contribution in [-0.4, -0.2) is 30.6 Å². The second kappa shape index (κ2) is 5.26. The molecule has 0 saturated carbocycles. The minimum absolute atomic E-state index is 0.247. The lowest BCUT2D eigenvalue weighted by Crippen LogP contribution is -3.13. The summed E-state index contributed by atoms with van der Waals surface area (Å²) in [4.78, 5) is 12.5. The van der Waals surface area contributed by atoms with E-state index in [1.807, 2.05) is 0 Å². The Balaban J connectivity index is 2.22. The Bertz CT molecular complexity index is 225. The fourth-order valence-corrected chi connectivity index (χ4v) is 1.91. The van der Waals surface area contributed by atoms with Gasteiger partial charge >= 0.3 is 0 Å². The lowest BCUT2D eigenvalue weighted by molar-refractivity contribution is -0.905. The molecule has 0 spiro atoms. The molecule has 1 aliphatic heterocycles. The van der Waals surface area contributed by atoms with Crippen LogP contribution in [0.1, 0.15) is 19.3 Å². The van der Waals surface area contributed by atoms with Crippen molar-refractivity contribution in [3.8, 4) is 0 Å². The van der Waals surface area contributed by atoms with Gasteiger partial charge in [0.05, 0.1) is 24.6 Å². The Morgan fingerprint density at radius 2 is 2.07 bits per heavy atom. The van der Waals surface area contributed by atoms with Gasteiger partial charge in [0.25, 0.3) is 0 Å². The van der Waals surface area contributed by atoms with Crippen molar-refractivity contribution in [1.29, 1.82) is 0 Å². The van der Waals surface area contributed by atoms with Gasteiger partial charge < -0.3 is 20.5 Å². The van der Waals surface area contributed by atoms with Gasteiger partial charge in [-0.3, -0.25) is 0 Å². The Hall–Kier alpha value is -0.680. The predicted octanol–water partition coefficient (Wildman–Crippen LogP) is -2.29. The van der Waals surface area contributed by atoms with Crippen LogP contribution in [0.2, 0.25) is 0 Å². The molecule has 0 aromatic carbocycles. The van der Waals surface area contributed by atoms with E-state index in [0.29, 0.717) is 4.99 Å². The minimum atomic E-state index is -0.904. The van der Waals surface area contributed by atoms with Crippen LogP contribution in [0.5, 0.6) is 0 Å². The molecule has 0 aromatic rings. The number of carboxylic acids is 1. The van der Waals surface area contributed by atoms with Gasteiger partial charge in [0.2, 0.25) is 0 Å². The number of quaternary nitrogens is 1. The molecule has 1 rings (SSSR count). The molecule has 0 bridgehead atoms. The van der Waals surface area contributed by atoms with Crippen LogP contribution >= 0.6 is 12.2 Å². The minimum Gasteiger partial charge on any atom is -0.550 e. The Labute approximate surface area is 89.1 Å². The summed E-state index contributed by atoms with van der Waals surface area (Å²) < 4.78 is 0. The molecule has 0 aliphatic carbocycles. The monoisotopic (exact) mass is 216 g/mol. The maximum absolute atomic E-state index is 10.6. The van der Waals surface area contributed by atoms with Crippen LogP contribution in [-0.2, 0) is 4.79 Å². The van der Waals surface area contributed by atoms with Gasteiger partial charge in [-0.25, -0.2) is 0 Å². The molecular formula is C9H16N2O2S. The lowest BCUT2D eigenvalue weighted by Gasteiger charge is -2.29. The largest absolute Gasteiger partial charge is 0.550 e. The van der Waals surface area contributed by atoms with Gasteiger partial charge in [-0.15, -0.1) is 0 Å².